The maximum atomic E-state index is 11.4. The minimum absolute atomic E-state index is 0.00787. The minimum Gasteiger partial charge on any atom is -0.490 e. The number of rotatable bonds is 3. The van der Waals surface area contributed by atoms with E-state index in [9.17, 15) is 10.1 Å². The minimum atomic E-state index is -0.385. The first kappa shape index (κ1) is 15.6. The molecule has 0 aromatic heterocycles. The Kier molecular flexibility index (Phi) is 3.84. The molecule has 116 valence electrons. The Morgan fingerprint density at radius 1 is 1.24 bits per heavy atom. The first-order valence-electron chi connectivity index (χ1n) is 6.92. The fraction of sp³-hybridized carbons (Fsp3) is 0.600. The average molecular weight is 294 g/mol. The number of benzene rings is 1. The Morgan fingerprint density at radius 2 is 1.81 bits per heavy atom. The van der Waals surface area contributed by atoms with Crippen molar-refractivity contribution >= 4 is 11.4 Å². The van der Waals surface area contributed by atoms with Crippen molar-refractivity contribution in [2.24, 2.45) is 0 Å². The summed E-state index contributed by atoms with van der Waals surface area (Å²) >= 11 is 0. The van der Waals surface area contributed by atoms with E-state index in [-0.39, 0.29) is 27.6 Å². The molecule has 0 aliphatic carbocycles. The summed E-state index contributed by atoms with van der Waals surface area (Å²) in [6.45, 7) is 9.15. The number of methoxy groups -OCH3 is 1. The number of para-hydroxylation sites is 1. The highest BCUT2D eigenvalue weighted by atomic mass is 16.6. The van der Waals surface area contributed by atoms with Gasteiger partial charge in [0.1, 0.15) is 5.69 Å². The van der Waals surface area contributed by atoms with E-state index in [1.165, 1.54) is 7.11 Å². The largest absolute Gasteiger partial charge is 0.490 e. The Bertz CT molecular complexity index is 539. The van der Waals surface area contributed by atoms with Gasteiger partial charge < -0.3 is 14.4 Å². The lowest BCUT2D eigenvalue weighted by Gasteiger charge is -2.47. The molecule has 0 bridgehead atoms. The zero-order valence-electron chi connectivity index (χ0n) is 13.2. The highest BCUT2D eigenvalue weighted by molar-refractivity contribution is 5.70. The number of morpholine rings is 1. The molecule has 1 saturated heterocycles. The summed E-state index contributed by atoms with van der Waals surface area (Å²) in [4.78, 5) is 13.1. The van der Waals surface area contributed by atoms with E-state index >= 15 is 0 Å². The summed E-state index contributed by atoms with van der Waals surface area (Å²) in [5, 5.41) is 11.4. The SMILES string of the molecule is COc1cccc(N2CC(C)(C)OC(C)(C)C2)c1[N+](=O)[O-]. The van der Waals surface area contributed by atoms with E-state index in [1.54, 1.807) is 18.2 Å². The second-order valence-corrected chi connectivity index (χ2v) is 6.56. The van der Waals surface area contributed by atoms with Crippen molar-refractivity contribution < 1.29 is 14.4 Å². The molecule has 1 aromatic rings. The van der Waals surface area contributed by atoms with Crippen molar-refractivity contribution in [2.75, 3.05) is 25.1 Å². The zero-order valence-corrected chi connectivity index (χ0v) is 13.2. The van der Waals surface area contributed by atoms with Crippen molar-refractivity contribution in [3.8, 4) is 5.75 Å². The molecule has 0 N–H and O–H groups in total. The third-order valence-electron chi connectivity index (χ3n) is 3.42. The monoisotopic (exact) mass is 294 g/mol. The quantitative estimate of drug-likeness (QED) is 0.633. The summed E-state index contributed by atoms with van der Waals surface area (Å²) < 4.78 is 11.2. The fourth-order valence-corrected chi connectivity index (χ4v) is 3.07. The molecule has 1 fully saturated rings. The predicted octanol–water partition coefficient (Wildman–Crippen LogP) is 3.00. The molecule has 0 saturated carbocycles. The topological polar surface area (TPSA) is 64.8 Å². The third-order valence-corrected chi connectivity index (χ3v) is 3.42. The first-order chi connectivity index (χ1) is 9.65. The number of anilines is 1. The van der Waals surface area contributed by atoms with Gasteiger partial charge in [-0.2, -0.15) is 0 Å². The van der Waals surface area contributed by atoms with E-state index in [1.807, 2.05) is 32.6 Å². The maximum Gasteiger partial charge on any atom is 0.333 e. The normalized spacial score (nSPS) is 20.1. The van der Waals surface area contributed by atoms with Crippen LogP contribution in [0.2, 0.25) is 0 Å². The van der Waals surface area contributed by atoms with E-state index in [2.05, 4.69) is 0 Å². The highest BCUT2D eigenvalue weighted by Gasteiger charge is 2.40. The molecule has 1 aliphatic heterocycles. The fourth-order valence-electron chi connectivity index (χ4n) is 3.07. The number of nitrogens with zero attached hydrogens (tertiary/aromatic N) is 2. The Labute approximate surface area is 124 Å². The molecule has 0 spiro atoms. The van der Waals surface area contributed by atoms with Gasteiger partial charge in [-0.15, -0.1) is 0 Å². The second-order valence-electron chi connectivity index (χ2n) is 6.56. The summed E-state index contributed by atoms with van der Waals surface area (Å²) in [6, 6.07) is 5.15. The molecule has 0 unspecified atom stereocenters. The molecule has 1 aromatic carbocycles. The average Bonchev–Trinajstić information content (AvgIpc) is 2.33. The van der Waals surface area contributed by atoms with Gasteiger partial charge in [-0.25, -0.2) is 0 Å². The van der Waals surface area contributed by atoms with Gasteiger partial charge in [-0.05, 0) is 39.8 Å². The summed E-state index contributed by atoms with van der Waals surface area (Å²) in [7, 11) is 1.44. The Hall–Kier alpha value is -1.82. The van der Waals surface area contributed by atoms with Gasteiger partial charge in [0, 0.05) is 13.1 Å². The van der Waals surface area contributed by atoms with Gasteiger partial charge in [-0.3, -0.25) is 10.1 Å². The van der Waals surface area contributed by atoms with E-state index < -0.39 is 0 Å². The van der Waals surface area contributed by atoms with Gasteiger partial charge in [0.2, 0.25) is 0 Å². The lowest BCUT2D eigenvalue weighted by atomic mass is 9.98. The van der Waals surface area contributed by atoms with E-state index in [4.69, 9.17) is 9.47 Å². The number of ether oxygens (including phenoxy) is 2. The van der Waals surface area contributed by atoms with Crippen LogP contribution in [0.5, 0.6) is 5.75 Å². The molecular formula is C15H22N2O4. The predicted molar refractivity (Wildman–Crippen MR) is 81.1 cm³/mol. The second kappa shape index (κ2) is 5.18. The van der Waals surface area contributed by atoms with Gasteiger partial charge in [0.15, 0.2) is 5.75 Å². The van der Waals surface area contributed by atoms with Crippen LogP contribution in [0.15, 0.2) is 18.2 Å². The molecule has 21 heavy (non-hydrogen) atoms. The van der Waals surface area contributed by atoms with Gasteiger partial charge in [0.05, 0.1) is 23.2 Å². The molecule has 0 radical (unpaired) electrons. The molecule has 2 rings (SSSR count). The highest BCUT2D eigenvalue weighted by Crippen LogP contribution is 2.40. The van der Waals surface area contributed by atoms with Crippen LogP contribution in [0, 0.1) is 10.1 Å². The molecule has 6 heteroatoms. The van der Waals surface area contributed by atoms with E-state index in [0.717, 1.165) is 0 Å². The molecule has 6 nitrogen and oxygen atoms in total. The van der Waals surface area contributed by atoms with Crippen LogP contribution in [0.1, 0.15) is 27.7 Å². The zero-order chi connectivity index (χ0) is 15.8. The molecule has 0 atom stereocenters. The maximum absolute atomic E-state index is 11.4. The van der Waals surface area contributed by atoms with Crippen LogP contribution < -0.4 is 9.64 Å². The smallest absolute Gasteiger partial charge is 0.333 e. The standard InChI is InChI=1S/C15H22N2O4/c1-14(2)9-16(10-15(3,4)21-14)11-7-6-8-12(20-5)13(11)17(18)19/h6-8H,9-10H2,1-5H3. The number of hydrogen-bond donors (Lipinski definition) is 0. The van der Waals surface area contributed by atoms with Crippen molar-refractivity contribution in [3.63, 3.8) is 0 Å². The van der Waals surface area contributed by atoms with Gasteiger partial charge >= 0.3 is 5.69 Å². The van der Waals surface area contributed by atoms with Crippen LogP contribution in [0.25, 0.3) is 0 Å². The van der Waals surface area contributed by atoms with Crippen molar-refractivity contribution in [2.45, 2.75) is 38.9 Å². The number of nitro groups is 1. The third kappa shape index (κ3) is 3.26. The van der Waals surface area contributed by atoms with Gasteiger partial charge in [0.25, 0.3) is 0 Å². The van der Waals surface area contributed by atoms with E-state index in [0.29, 0.717) is 18.8 Å². The van der Waals surface area contributed by atoms with Crippen LogP contribution in [-0.2, 0) is 4.74 Å². The Morgan fingerprint density at radius 3 is 2.29 bits per heavy atom. The molecule has 1 aliphatic rings. The molecule has 0 amide bonds. The van der Waals surface area contributed by atoms with Crippen molar-refractivity contribution in [3.05, 3.63) is 28.3 Å². The summed E-state index contributed by atoms with van der Waals surface area (Å²) in [5.41, 5.74) is -0.172. The lowest BCUT2D eigenvalue weighted by molar-refractivity contribution is -0.385. The van der Waals surface area contributed by atoms with Crippen LogP contribution >= 0.6 is 0 Å². The molecular weight excluding hydrogens is 272 g/mol. The van der Waals surface area contributed by atoms with Crippen LogP contribution in [0.3, 0.4) is 0 Å². The van der Waals surface area contributed by atoms with Gasteiger partial charge in [-0.1, -0.05) is 6.07 Å². The van der Waals surface area contributed by atoms with Crippen LogP contribution in [0.4, 0.5) is 11.4 Å². The summed E-state index contributed by atoms with van der Waals surface area (Å²) in [6.07, 6.45) is 0. The number of hydrogen-bond acceptors (Lipinski definition) is 5. The first-order valence-corrected chi connectivity index (χ1v) is 6.92. The lowest BCUT2D eigenvalue weighted by Crippen LogP contribution is -2.57. The Balaban J connectivity index is 2.48. The van der Waals surface area contributed by atoms with Crippen molar-refractivity contribution in [1.82, 2.24) is 0 Å². The molecule has 1 heterocycles. The van der Waals surface area contributed by atoms with Crippen molar-refractivity contribution in [1.29, 1.82) is 0 Å². The summed E-state index contributed by atoms with van der Waals surface area (Å²) in [5.74, 6) is 0.277. The van der Waals surface area contributed by atoms with Crippen LogP contribution in [-0.4, -0.2) is 36.3 Å². The number of nitro benzene ring substituents is 1.